The number of primary amides is 1. The molecule has 0 spiro atoms. The molecular formula is C20H27N3O2S. The van der Waals surface area contributed by atoms with E-state index in [1.807, 2.05) is 0 Å². The summed E-state index contributed by atoms with van der Waals surface area (Å²) in [6.07, 6.45) is 0. The third kappa shape index (κ3) is 5.16. The van der Waals surface area contributed by atoms with Crippen molar-refractivity contribution in [1.82, 2.24) is 5.32 Å². The van der Waals surface area contributed by atoms with E-state index in [2.05, 4.69) is 62.6 Å². The van der Waals surface area contributed by atoms with Gasteiger partial charge in [-0.15, -0.1) is 11.3 Å². The first-order valence-electron chi connectivity index (χ1n) is 8.80. The number of benzene rings is 1. The first-order valence-corrected chi connectivity index (χ1v) is 9.68. The highest BCUT2D eigenvalue weighted by Crippen LogP contribution is 2.25. The number of anilines is 1. The third-order valence-electron chi connectivity index (χ3n) is 4.30. The highest BCUT2D eigenvalue weighted by Gasteiger charge is 2.18. The van der Waals surface area contributed by atoms with Crippen LogP contribution >= 0.6 is 11.3 Å². The van der Waals surface area contributed by atoms with Crippen molar-refractivity contribution >= 4 is 28.2 Å². The molecule has 4 N–H and O–H groups in total. The van der Waals surface area contributed by atoms with Crippen LogP contribution < -0.4 is 16.4 Å². The maximum absolute atomic E-state index is 12.3. The van der Waals surface area contributed by atoms with Crippen LogP contribution in [0.3, 0.4) is 0 Å². The lowest BCUT2D eigenvalue weighted by Gasteiger charge is -2.23. The summed E-state index contributed by atoms with van der Waals surface area (Å²) < 4.78 is 0. The van der Waals surface area contributed by atoms with Gasteiger partial charge in [-0.2, -0.15) is 0 Å². The van der Waals surface area contributed by atoms with Crippen molar-refractivity contribution in [2.24, 2.45) is 11.7 Å². The molecule has 6 heteroatoms. The normalized spacial score (nSPS) is 12.4. The van der Waals surface area contributed by atoms with E-state index in [1.165, 1.54) is 16.9 Å². The van der Waals surface area contributed by atoms with Gasteiger partial charge < -0.3 is 16.4 Å². The van der Waals surface area contributed by atoms with Crippen LogP contribution in [0.5, 0.6) is 0 Å². The maximum atomic E-state index is 12.3. The Bertz CT molecular complexity index is 751. The zero-order chi connectivity index (χ0) is 19.3. The molecule has 140 valence electrons. The second kappa shape index (κ2) is 8.96. The molecule has 0 bridgehead atoms. The molecule has 0 saturated heterocycles. The Morgan fingerprint density at radius 2 is 1.65 bits per heavy atom. The molecule has 0 radical (unpaired) electrons. The minimum atomic E-state index is -0.542. The Hall–Kier alpha value is -2.18. The molecule has 2 rings (SSSR count). The van der Waals surface area contributed by atoms with Crippen LogP contribution in [0.2, 0.25) is 0 Å². The second-order valence-electron chi connectivity index (χ2n) is 7.00. The fourth-order valence-corrected chi connectivity index (χ4v) is 3.61. The second-order valence-corrected chi connectivity index (χ2v) is 7.92. The number of carbonyl (C=O) groups is 2. The zero-order valence-corrected chi connectivity index (χ0v) is 16.5. The first kappa shape index (κ1) is 20.1. The van der Waals surface area contributed by atoms with E-state index in [0.29, 0.717) is 22.4 Å². The fraction of sp³-hybridized carbons (Fsp3) is 0.400. The highest BCUT2D eigenvalue weighted by molar-refractivity contribution is 7.14. The lowest BCUT2D eigenvalue weighted by Crippen LogP contribution is -2.33. The standard InChI is InChI=1S/C20H27N3O2S/c1-12(2)14-5-7-15(8-6-14)18(13(3)4)22-11-17(24)23-20-16(19(21)25)9-10-26-20/h5-10,12-13,18,22H,11H2,1-4H3,(H2,21,25)(H,23,24)/t18-/m0/s1. The maximum Gasteiger partial charge on any atom is 0.251 e. The van der Waals surface area contributed by atoms with Crippen molar-refractivity contribution in [3.05, 3.63) is 52.4 Å². The lowest BCUT2D eigenvalue weighted by molar-refractivity contribution is -0.115. The predicted molar refractivity (Wildman–Crippen MR) is 108 cm³/mol. The molecule has 1 heterocycles. The fourth-order valence-electron chi connectivity index (χ4n) is 2.80. The number of carbonyl (C=O) groups excluding carboxylic acids is 2. The van der Waals surface area contributed by atoms with Gasteiger partial charge in [0.05, 0.1) is 12.1 Å². The van der Waals surface area contributed by atoms with Gasteiger partial charge in [0.15, 0.2) is 0 Å². The van der Waals surface area contributed by atoms with Gasteiger partial charge in [0.25, 0.3) is 5.91 Å². The van der Waals surface area contributed by atoms with Gasteiger partial charge >= 0.3 is 0 Å². The topological polar surface area (TPSA) is 84.2 Å². The van der Waals surface area contributed by atoms with Crippen molar-refractivity contribution in [3.8, 4) is 0 Å². The molecule has 2 amide bonds. The molecule has 0 unspecified atom stereocenters. The van der Waals surface area contributed by atoms with Crippen LogP contribution in [-0.4, -0.2) is 18.4 Å². The van der Waals surface area contributed by atoms with Crippen molar-refractivity contribution in [3.63, 3.8) is 0 Å². The molecule has 2 aromatic rings. The molecular weight excluding hydrogens is 346 g/mol. The van der Waals surface area contributed by atoms with E-state index in [-0.39, 0.29) is 18.5 Å². The summed E-state index contributed by atoms with van der Waals surface area (Å²) in [5.41, 5.74) is 8.10. The van der Waals surface area contributed by atoms with Crippen LogP contribution in [-0.2, 0) is 4.79 Å². The molecule has 0 saturated carbocycles. The molecule has 0 aliphatic carbocycles. The summed E-state index contributed by atoms with van der Waals surface area (Å²) in [5.74, 6) is 0.0837. The van der Waals surface area contributed by atoms with E-state index in [4.69, 9.17) is 5.73 Å². The summed E-state index contributed by atoms with van der Waals surface area (Å²) in [6.45, 7) is 8.74. The Kier molecular flexibility index (Phi) is 6.94. The van der Waals surface area contributed by atoms with Crippen molar-refractivity contribution in [2.75, 3.05) is 11.9 Å². The van der Waals surface area contributed by atoms with E-state index in [1.54, 1.807) is 11.4 Å². The number of rotatable bonds is 8. The number of amides is 2. The average molecular weight is 374 g/mol. The number of hydrogen-bond acceptors (Lipinski definition) is 4. The SMILES string of the molecule is CC(C)c1ccc([C@@H](NCC(=O)Nc2sccc2C(N)=O)C(C)C)cc1. The van der Waals surface area contributed by atoms with E-state index < -0.39 is 5.91 Å². The summed E-state index contributed by atoms with van der Waals surface area (Å²) >= 11 is 1.29. The molecule has 26 heavy (non-hydrogen) atoms. The third-order valence-corrected chi connectivity index (χ3v) is 5.12. The van der Waals surface area contributed by atoms with Crippen LogP contribution in [0.1, 0.15) is 61.1 Å². The van der Waals surface area contributed by atoms with Gasteiger partial charge in [-0.25, -0.2) is 0 Å². The number of nitrogens with two attached hydrogens (primary N) is 1. The summed E-state index contributed by atoms with van der Waals surface area (Å²) in [6, 6.07) is 10.2. The van der Waals surface area contributed by atoms with Gasteiger partial charge in [-0.1, -0.05) is 52.0 Å². The smallest absolute Gasteiger partial charge is 0.251 e. The van der Waals surface area contributed by atoms with Crippen molar-refractivity contribution in [2.45, 2.75) is 39.7 Å². The zero-order valence-electron chi connectivity index (χ0n) is 15.7. The summed E-state index contributed by atoms with van der Waals surface area (Å²) in [7, 11) is 0. The Morgan fingerprint density at radius 3 is 2.19 bits per heavy atom. The van der Waals surface area contributed by atoms with Crippen LogP contribution in [0, 0.1) is 5.92 Å². The Balaban J connectivity index is 2.00. The van der Waals surface area contributed by atoms with E-state index >= 15 is 0 Å². The van der Waals surface area contributed by atoms with Gasteiger partial charge in [0, 0.05) is 6.04 Å². The molecule has 5 nitrogen and oxygen atoms in total. The minimum absolute atomic E-state index is 0.0703. The molecule has 0 aliphatic heterocycles. The van der Waals surface area contributed by atoms with Crippen molar-refractivity contribution < 1.29 is 9.59 Å². The summed E-state index contributed by atoms with van der Waals surface area (Å²) in [5, 5.41) is 8.30. The van der Waals surface area contributed by atoms with Gasteiger partial charge in [-0.05, 0) is 34.4 Å². The Morgan fingerprint density at radius 1 is 1.04 bits per heavy atom. The first-order chi connectivity index (χ1) is 12.3. The van der Waals surface area contributed by atoms with Gasteiger partial charge in [-0.3, -0.25) is 9.59 Å². The van der Waals surface area contributed by atoms with Crippen LogP contribution in [0.25, 0.3) is 0 Å². The highest BCUT2D eigenvalue weighted by atomic mass is 32.1. The van der Waals surface area contributed by atoms with Crippen molar-refractivity contribution in [1.29, 1.82) is 0 Å². The van der Waals surface area contributed by atoms with Gasteiger partial charge in [0.2, 0.25) is 5.91 Å². The molecule has 0 aliphatic rings. The molecule has 1 aromatic carbocycles. The average Bonchev–Trinajstić information content (AvgIpc) is 3.03. The van der Waals surface area contributed by atoms with Crippen LogP contribution in [0.15, 0.2) is 35.7 Å². The monoisotopic (exact) mass is 373 g/mol. The Labute approximate surface area is 159 Å². The minimum Gasteiger partial charge on any atom is -0.366 e. The lowest BCUT2D eigenvalue weighted by atomic mass is 9.93. The quantitative estimate of drug-likeness (QED) is 0.656. The predicted octanol–water partition coefficient (Wildman–Crippen LogP) is 3.90. The number of nitrogens with one attached hydrogen (secondary N) is 2. The largest absolute Gasteiger partial charge is 0.366 e. The number of thiophene rings is 1. The molecule has 1 atom stereocenters. The summed E-state index contributed by atoms with van der Waals surface area (Å²) in [4.78, 5) is 23.6. The van der Waals surface area contributed by atoms with E-state index in [0.717, 1.165) is 5.56 Å². The molecule has 1 aromatic heterocycles. The number of hydrogen-bond donors (Lipinski definition) is 3. The van der Waals surface area contributed by atoms with Gasteiger partial charge in [0.1, 0.15) is 5.00 Å². The van der Waals surface area contributed by atoms with Crippen LogP contribution in [0.4, 0.5) is 5.00 Å². The molecule has 0 fully saturated rings. The van der Waals surface area contributed by atoms with E-state index in [9.17, 15) is 9.59 Å².